The molecule has 1 aliphatic heterocycles. The molecule has 4 nitrogen and oxygen atoms in total. The lowest BCUT2D eigenvalue weighted by molar-refractivity contribution is -0.120. The third-order valence-electron chi connectivity index (χ3n) is 4.78. The number of Topliss-reactive ketones (excluding diaryl/α,β-unsaturated/α-hetero) is 1. The van der Waals surface area contributed by atoms with E-state index in [0.717, 1.165) is 56.8 Å². The van der Waals surface area contributed by atoms with Gasteiger partial charge in [0, 0.05) is 13.0 Å². The number of carbonyl (C=O) groups is 1. The van der Waals surface area contributed by atoms with Crippen molar-refractivity contribution >= 4 is 5.78 Å². The monoisotopic (exact) mass is 340 g/mol. The van der Waals surface area contributed by atoms with Gasteiger partial charge in [0.05, 0.1) is 19.6 Å². The van der Waals surface area contributed by atoms with Crippen molar-refractivity contribution in [2.45, 2.75) is 45.2 Å². The highest BCUT2D eigenvalue weighted by atomic mass is 16.3. The Morgan fingerprint density at radius 1 is 1.24 bits per heavy atom. The number of hydrogen-bond donors (Lipinski definition) is 1. The number of ketones is 1. The molecular formula is C21H28N2O2. The van der Waals surface area contributed by atoms with Crippen LogP contribution >= 0.6 is 0 Å². The van der Waals surface area contributed by atoms with Crippen LogP contribution in [0.5, 0.6) is 0 Å². The van der Waals surface area contributed by atoms with E-state index in [9.17, 15) is 4.79 Å². The first-order valence-electron chi connectivity index (χ1n) is 9.27. The maximum absolute atomic E-state index is 12.3. The van der Waals surface area contributed by atoms with Crippen molar-refractivity contribution in [3.05, 3.63) is 59.0 Å². The minimum Gasteiger partial charge on any atom is -0.463 e. The lowest BCUT2D eigenvalue weighted by atomic mass is 10.0. The summed E-state index contributed by atoms with van der Waals surface area (Å²) in [7, 11) is 1.92. The van der Waals surface area contributed by atoms with Gasteiger partial charge in [0.15, 0.2) is 0 Å². The van der Waals surface area contributed by atoms with Gasteiger partial charge in [-0.2, -0.15) is 0 Å². The molecule has 0 fully saturated rings. The zero-order chi connectivity index (χ0) is 17.5. The summed E-state index contributed by atoms with van der Waals surface area (Å²) >= 11 is 0. The number of fused-ring (bicyclic) bond motifs is 1. The van der Waals surface area contributed by atoms with Crippen molar-refractivity contribution in [2.24, 2.45) is 0 Å². The molecule has 0 radical (unpaired) electrons. The number of nitrogens with zero attached hydrogens (tertiary/aromatic N) is 1. The van der Waals surface area contributed by atoms with Gasteiger partial charge in [-0.15, -0.1) is 0 Å². The summed E-state index contributed by atoms with van der Waals surface area (Å²) in [5.41, 5.74) is 2.66. The van der Waals surface area contributed by atoms with Gasteiger partial charge in [0.2, 0.25) is 0 Å². The zero-order valence-electron chi connectivity index (χ0n) is 15.1. The third kappa shape index (κ3) is 5.28. The van der Waals surface area contributed by atoms with Gasteiger partial charge in [0.25, 0.3) is 0 Å². The first-order valence-corrected chi connectivity index (χ1v) is 9.27. The fourth-order valence-corrected chi connectivity index (χ4v) is 3.45. The number of furan rings is 1. The summed E-state index contributed by atoms with van der Waals surface area (Å²) < 4.78 is 5.89. The molecule has 0 unspecified atom stereocenters. The van der Waals surface area contributed by atoms with Gasteiger partial charge >= 0.3 is 0 Å². The standard InChI is InChI=1S/C21H28N2O2/c1-22-14-20-13-18-11-12-23(16-21(18)25-20)15-19(24)10-6-5-9-17-7-3-2-4-8-17/h2-4,7-8,13,22H,5-6,9-12,14-16H2,1H3. The van der Waals surface area contributed by atoms with E-state index >= 15 is 0 Å². The second-order valence-electron chi connectivity index (χ2n) is 6.88. The normalized spacial score (nSPS) is 14.4. The van der Waals surface area contributed by atoms with Gasteiger partial charge in [-0.1, -0.05) is 30.3 Å². The Hall–Kier alpha value is -1.91. The smallest absolute Gasteiger partial charge is 0.146 e. The summed E-state index contributed by atoms with van der Waals surface area (Å²) in [6.45, 7) is 3.01. The van der Waals surface area contributed by atoms with Crippen LogP contribution in [0.4, 0.5) is 0 Å². The number of unbranched alkanes of at least 4 members (excludes halogenated alkanes) is 1. The Bertz CT molecular complexity index is 678. The average molecular weight is 340 g/mol. The molecule has 1 N–H and O–H groups in total. The molecule has 2 heterocycles. The number of benzene rings is 1. The molecule has 1 aromatic carbocycles. The molecule has 0 atom stereocenters. The SMILES string of the molecule is CNCc1cc2c(o1)CN(CC(=O)CCCCc1ccccc1)CC2. The number of rotatable bonds is 9. The molecule has 4 heteroatoms. The molecule has 0 saturated carbocycles. The molecular weight excluding hydrogens is 312 g/mol. The lowest BCUT2D eigenvalue weighted by Gasteiger charge is -2.24. The second-order valence-corrected chi connectivity index (χ2v) is 6.88. The maximum atomic E-state index is 12.3. The molecule has 0 spiro atoms. The van der Waals surface area contributed by atoms with E-state index < -0.39 is 0 Å². The van der Waals surface area contributed by atoms with Crippen molar-refractivity contribution in [2.75, 3.05) is 20.1 Å². The molecule has 3 rings (SSSR count). The number of aryl methyl sites for hydroxylation is 1. The molecule has 2 aromatic rings. The summed E-state index contributed by atoms with van der Waals surface area (Å²) in [6.07, 6.45) is 4.76. The first kappa shape index (κ1) is 17.9. The minimum absolute atomic E-state index is 0.346. The Balaban J connectivity index is 1.38. The van der Waals surface area contributed by atoms with Crippen LogP contribution in [0.3, 0.4) is 0 Å². The van der Waals surface area contributed by atoms with Crippen LogP contribution < -0.4 is 5.32 Å². The summed E-state index contributed by atoms with van der Waals surface area (Å²) in [5, 5.41) is 3.12. The van der Waals surface area contributed by atoms with Gasteiger partial charge < -0.3 is 9.73 Å². The van der Waals surface area contributed by atoms with E-state index in [1.807, 2.05) is 13.1 Å². The van der Waals surface area contributed by atoms with Crippen LogP contribution in [0.15, 0.2) is 40.8 Å². The Morgan fingerprint density at radius 3 is 2.88 bits per heavy atom. The fourth-order valence-electron chi connectivity index (χ4n) is 3.45. The van der Waals surface area contributed by atoms with Gasteiger partial charge in [0.1, 0.15) is 17.3 Å². The highest BCUT2D eigenvalue weighted by Crippen LogP contribution is 2.23. The van der Waals surface area contributed by atoms with Crippen molar-refractivity contribution < 1.29 is 9.21 Å². The van der Waals surface area contributed by atoms with Crippen LogP contribution in [0.25, 0.3) is 0 Å². The van der Waals surface area contributed by atoms with Crippen LogP contribution in [-0.4, -0.2) is 30.8 Å². The van der Waals surface area contributed by atoms with E-state index in [4.69, 9.17) is 4.42 Å². The lowest BCUT2D eigenvalue weighted by Crippen LogP contribution is -2.34. The molecule has 134 valence electrons. The fraction of sp³-hybridized carbons (Fsp3) is 0.476. The van der Waals surface area contributed by atoms with Crippen molar-refractivity contribution in [1.82, 2.24) is 10.2 Å². The average Bonchev–Trinajstić information content (AvgIpc) is 3.02. The number of hydrogen-bond acceptors (Lipinski definition) is 4. The predicted molar refractivity (Wildman–Crippen MR) is 99.5 cm³/mol. The quantitative estimate of drug-likeness (QED) is 0.711. The van der Waals surface area contributed by atoms with Crippen LogP contribution in [0, 0.1) is 0 Å². The molecule has 0 aliphatic carbocycles. The maximum Gasteiger partial charge on any atom is 0.146 e. The predicted octanol–water partition coefficient (Wildman–Crippen LogP) is 3.34. The largest absolute Gasteiger partial charge is 0.463 e. The topological polar surface area (TPSA) is 45.5 Å². The molecule has 0 saturated heterocycles. The third-order valence-corrected chi connectivity index (χ3v) is 4.78. The zero-order valence-corrected chi connectivity index (χ0v) is 15.1. The minimum atomic E-state index is 0.346. The summed E-state index contributed by atoms with van der Waals surface area (Å²) in [6, 6.07) is 12.6. The number of nitrogens with one attached hydrogen (secondary N) is 1. The highest BCUT2D eigenvalue weighted by molar-refractivity contribution is 5.80. The molecule has 0 bridgehead atoms. The summed E-state index contributed by atoms with van der Waals surface area (Å²) in [5.74, 6) is 2.37. The van der Waals surface area contributed by atoms with E-state index in [1.165, 1.54) is 11.1 Å². The summed E-state index contributed by atoms with van der Waals surface area (Å²) in [4.78, 5) is 14.5. The van der Waals surface area contributed by atoms with Crippen LogP contribution in [-0.2, 0) is 30.7 Å². The molecule has 1 aliphatic rings. The molecule has 25 heavy (non-hydrogen) atoms. The Morgan fingerprint density at radius 2 is 2.08 bits per heavy atom. The van der Waals surface area contributed by atoms with E-state index in [1.54, 1.807) is 0 Å². The number of carbonyl (C=O) groups excluding carboxylic acids is 1. The van der Waals surface area contributed by atoms with Gasteiger partial charge in [-0.05, 0) is 49.9 Å². The van der Waals surface area contributed by atoms with E-state index in [-0.39, 0.29) is 0 Å². The van der Waals surface area contributed by atoms with Crippen LogP contribution in [0.1, 0.15) is 41.9 Å². The van der Waals surface area contributed by atoms with E-state index in [2.05, 4.69) is 40.5 Å². The van der Waals surface area contributed by atoms with Crippen molar-refractivity contribution in [3.8, 4) is 0 Å². The van der Waals surface area contributed by atoms with Gasteiger partial charge in [-0.25, -0.2) is 0 Å². The Kier molecular flexibility index (Phi) is 6.42. The second kappa shape index (κ2) is 8.97. The Labute approximate surface area is 150 Å². The molecule has 1 aromatic heterocycles. The van der Waals surface area contributed by atoms with Crippen molar-refractivity contribution in [1.29, 1.82) is 0 Å². The van der Waals surface area contributed by atoms with Crippen LogP contribution in [0.2, 0.25) is 0 Å². The van der Waals surface area contributed by atoms with Gasteiger partial charge in [-0.3, -0.25) is 9.69 Å². The van der Waals surface area contributed by atoms with E-state index in [0.29, 0.717) is 18.7 Å². The highest BCUT2D eigenvalue weighted by Gasteiger charge is 2.22. The first-order chi connectivity index (χ1) is 12.2. The molecule has 0 amide bonds. The van der Waals surface area contributed by atoms with Crippen molar-refractivity contribution in [3.63, 3.8) is 0 Å².